The van der Waals surface area contributed by atoms with Crippen LogP contribution in [-0.4, -0.2) is 33.7 Å². The number of carboxylic acid groups (broad SMARTS) is 1. The molecule has 1 aromatic carbocycles. The number of carboxylic acids is 1. The standard InChI is InChI=1S/C17H25NO4/c1-12(2)18(16(21)22-17(3,4)5)11-14-8-6-13(7-9-14)10-15(19)20/h6-9,12H,10-11H2,1-5H3,(H,19,20). The zero-order chi connectivity index (χ0) is 16.9. The molecule has 0 saturated heterocycles. The zero-order valence-corrected chi connectivity index (χ0v) is 13.9. The van der Waals surface area contributed by atoms with Crippen LogP contribution in [0.1, 0.15) is 45.7 Å². The molecule has 0 atom stereocenters. The number of aliphatic carboxylic acids is 1. The summed E-state index contributed by atoms with van der Waals surface area (Å²) in [5.74, 6) is -0.856. The molecule has 5 heteroatoms. The van der Waals surface area contributed by atoms with E-state index in [-0.39, 0.29) is 18.6 Å². The van der Waals surface area contributed by atoms with E-state index in [1.165, 1.54) is 0 Å². The molecule has 0 bridgehead atoms. The van der Waals surface area contributed by atoms with Gasteiger partial charge in [0.25, 0.3) is 0 Å². The maximum Gasteiger partial charge on any atom is 0.410 e. The fraction of sp³-hybridized carbons (Fsp3) is 0.529. The second-order valence-electron chi connectivity index (χ2n) is 6.59. The monoisotopic (exact) mass is 307 g/mol. The Bertz CT molecular complexity index is 514. The van der Waals surface area contributed by atoms with Crippen LogP contribution in [0.25, 0.3) is 0 Å². The van der Waals surface area contributed by atoms with Crippen LogP contribution >= 0.6 is 0 Å². The Labute approximate surface area is 131 Å². The lowest BCUT2D eigenvalue weighted by Gasteiger charge is -2.30. The molecule has 5 nitrogen and oxygen atoms in total. The Morgan fingerprint density at radius 2 is 1.64 bits per heavy atom. The van der Waals surface area contributed by atoms with Crippen molar-refractivity contribution in [2.45, 2.75) is 59.2 Å². The molecule has 0 saturated carbocycles. The van der Waals surface area contributed by atoms with Gasteiger partial charge in [-0.15, -0.1) is 0 Å². The van der Waals surface area contributed by atoms with Crippen LogP contribution < -0.4 is 0 Å². The third kappa shape index (κ3) is 6.16. The van der Waals surface area contributed by atoms with Crippen LogP contribution in [0.15, 0.2) is 24.3 Å². The van der Waals surface area contributed by atoms with E-state index in [0.717, 1.165) is 11.1 Å². The van der Waals surface area contributed by atoms with Crippen molar-refractivity contribution in [3.05, 3.63) is 35.4 Å². The van der Waals surface area contributed by atoms with Crippen molar-refractivity contribution in [2.24, 2.45) is 0 Å². The topological polar surface area (TPSA) is 66.8 Å². The number of amides is 1. The number of hydrogen-bond donors (Lipinski definition) is 1. The summed E-state index contributed by atoms with van der Waals surface area (Å²) in [6, 6.07) is 7.25. The van der Waals surface area contributed by atoms with Crippen molar-refractivity contribution in [2.75, 3.05) is 0 Å². The first-order valence-electron chi connectivity index (χ1n) is 7.37. The quantitative estimate of drug-likeness (QED) is 0.904. The lowest BCUT2D eigenvalue weighted by Crippen LogP contribution is -2.40. The van der Waals surface area contributed by atoms with Crippen LogP contribution in [0.2, 0.25) is 0 Å². The SMILES string of the molecule is CC(C)N(Cc1ccc(CC(=O)O)cc1)C(=O)OC(C)(C)C. The first-order chi connectivity index (χ1) is 10.1. The number of carbonyl (C=O) groups excluding carboxylic acids is 1. The highest BCUT2D eigenvalue weighted by Gasteiger charge is 2.24. The van der Waals surface area contributed by atoms with E-state index in [4.69, 9.17) is 9.84 Å². The van der Waals surface area contributed by atoms with Crippen molar-refractivity contribution in [3.8, 4) is 0 Å². The van der Waals surface area contributed by atoms with E-state index >= 15 is 0 Å². The summed E-state index contributed by atoms with van der Waals surface area (Å²) in [5, 5.41) is 8.77. The molecule has 122 valence electrons. The molecule has 0 unspecified atom stereocenters. The van der Waals surface area contributed by atoms with Gasteiger partial charge in [-0.2, -0.15) is 0 Å². The van der Waals surface area contributed by atoms with Gasteiger partial charge >= 0.3 is 12.1 Å². The van der Waals surface area contributed by atoms with E-state index in [1.54, 1.807) is 17.0 Å². The average molecular weight is 307 g/mol. The third-order valence-electron chi connectivity index (χ3n) is 2.98. The highest BCUT2D eigenvalue weighted by Crippen LogP contribution is 2.15. The molecule has 1 N–H and O–H groups in total. The Morgan fingerprint density at radius 1 is 1.14 bits per heavy atom. The lowest BCUT2D eigenvalue weighted by molar-refractivity contribution is -0.136. The van der Waals surface area contributed by atoms with Gasteiger partial charge in [0.1, 0.15) is 5.60 Å². The Hall–Kier alpha value is -2.04. The predicted octanol–water partition coefficient (Wildman–Crippen LogP) is 3.46. The van der Waals surface area contributed by atoms with Crippen molar-refractivity contribution in [1.82, 2.24) is 4.90 Å². The van der Waals surface area contributed by atoms with Crippen molar-refractivity contribution < 1.29 is 19.4 Å². The third-order valence-corrected chi connectivity index (χ3v) is 2.98. The van der Waals surface area contributed by atoms with E-state index in [9.17, 15) is 9.59 Å². The molecule has 0 heterocycles. The minimum absolute atomic E-state index is 0.000239. The summed E-state index contributed by atoms with van der Waals surface area (Å²) in [6.07, 6.45) is -0.350. The van der Waals surface area contributed by atoms with Gasteiger partial charge in [-0.25, -0.2) is 4.79 Å². The minimum atomic E-state index is -0.856. The maximum atomic E-state index is 12.2. The van der Waals surface area contributed by atoms with Crippen LogP contribution in [0.5, 0.6) is 0 Å². The molecule has 0 aliphatic heterocycles. The number of ether oxygens (including phenoxy) is 1. The van der Waals surface area contributed by atoms with Gasteiger partial charge in [0.15, 0.2) is 0 Å². The summed E-state index contributed by atoms with van der Waals surface area (Å²) in [5.41, 5.74) is 1.15. The molecule has 1 rings (SSSR count). The molecule has 0 fully saturated rings. The van der Waals surface area contributed by atoms with Crippen molar-refractivity contribution in [3.63, 3.8) is 0 Å². The van der Waals surface area contributed by atoms with E-state index in [0.29, 0.717) is 6.54 Å². The molecular weight excluding hydrogens is 282 g/mol. The second kappa shape index (κ2) is 7.29. The normalized spacial score (nSPS) is 11.4. The number of benzene rings is 1. The highest BCUT2D eigenvalue weighted by molar-refractivity contribution is 5.70. The van der Waals surface area contributed by atoms with Crippen molar-refractivity contribution >= 4 is 12.1 Å². The molecule has 0 spiro atoms. The van der Waals surface area contributed by atoms with Gasteiger partial charge in [-0.1, -0.05) is 24.3 Å². The highest BCUT2D eigenvalue weighted by atomic mass is 16.6. The molecule has 22 heavy (non-hydrogen) atoms. The summed E-state index contributed by atoms with van der Waals surface area (Å²) in [7, 11) is 0. The van der Waals surface area contributed by atoms with Gasteiger partial charge in [-0.05, 0) is 45.7 Å². The zero-order valence-electron chi connectivity index (χ0n) is 13.9. The summed E-state index contributed by atoms with van der Waals surface area (Å²) >= 11 is 0. The van der Waals surface area contributed by atoms with Gasteiger partial charge < -0.3 is 14.7 Å². The first-order valence-corrected chi connectivity index (χ1v) is 7.37. The molecule has 0 aromatic heterocycles. The largest absolute Gasteiger partial charge is 0.481 e. The smallest absolute Gasteiger partial charge is 0.410 e. The molecule has 0 aliphatic rings. The molecule has 1 aromatic rings. The second-order valence-corrected chi connectivity index (χ2v) is 6.59. The summed E-state index contributed by atoms with van der Waals surface area (Å²) < 4.78 is 5.42. The van der Waals surface area contributed by atoms with Crippen LogP contribution in [0, 0.1) is 0 Å². The number of hydrogen-bond acceptors (Lipinski definition) is 3. The fourth-order valence-electron chi connectivity index (χ4n) is 1.91. The Balaban J connectivity index is 2.79. The maximum absolute atomic E-state index is 12.2. The first kappa shape index (κ1) is 18.0. The molecule has 1 amide bonds. The van der Waals surface area contributed by atoms with Gasteiger partial charge in [0.2, 0.25) is 0 Å². The molecular formula is C17H25NO4. The van der Waals surface area contributed by atoms with E-state index in [2.05, 4.69) is 0 Å². The Morgan fingerprint density at radius 3 is 2.05 bits per heavy atom. The summed E-state index contributed by atoms with van der Waals surface area (Å²) in [4.78, 5) is 24.6. The van der Waals surface area contributed by atoms with Gasteiger partial charge in [0, 0.05) is 12.6 Å². The fourth-order valence-corrected chi connectivity index (χ4v) is 1.91. The Kier molecular flexibility index (Phi) is 5.97. The minimum Gasteiger partial charge on any atom is -0.481 e. The molecule has 0 aliphatic carbocycles. The van der Waals surface area contributed by atoms with Crippen LogP contribution in [0.4, 0.5) is 4.79 Å². The average Bonchev–Trinajstić information content (AvgIpc) is 2.34. The van der Waals surface area contributed by atoms with Crippen molar-refractivity contribution in [1.29, 1.82) is 0 Å². The van der Waals surface area contributed by atoms with Gasteiger partial charge in [0.05, 0.1) is 6.42 Å². The van der Waals surface area contributed by atoms with Crippen LogP contribution in [0.3, 0.4) is 0 Å². The number of carbonyl (C=O) groups is 2. The summed E-state index contributed by atoms with van der Waals surface area (Å²) in [6.45, 7) is 9.81. The predicted molar refractivity (Wildman–Crippen MR) is 84.7 cm³/mol. The lowest BCUT2D eigenvalue weighted by atomic mass is 10.1. The molecule has 0 radical (unpaired) electrons. The van der Waals surface area contributed by atoms with Crippen LogP contribution in [-0.2, 0) is 22.5 Å². The van der Waals surface area contributed by atoms with Gasteiger partial charge in [-0.3, -0.25) is 4.79 Å². The van der Waals surface area contributed by atoms with E-state index in [1.807, 2.05) is 46.8 Å². The number of rotatable bonds is 5. The number of nitrogens with zero attached hydrogens (tertiary/aromatic N) is 1. The van der Waals surface area contributed by atoms with E-state index < -0.39 is 11.6 Å².